The number of carbonyl (C=O) groups is 1. The van der Waals surface area contributed by atoms with E-state index in [-0.39, 0.29) is 11.8 Å². The first-order valence-electron chi connectivity index (χ1n) is 6.32. The molecule has 5 nitrogen and oxygen atoms in total. The van der Waals surface area contributed by atoms with Gasteiger partial charge in [-0.15, -0.1) is 0 Å². The molecule has 1 aromatic heterocycles. The molecule has 1 amide bonds. The van der Waals surface area contributed by atoms with Crippen LogP contribution >= 0.6 is 0 Å². The van der Waals surface area contributed by atoms with E-state index in [9.17, 15) is 4.79 Å². The molecule has 0 unspecified atom stereocenters. The molecule has 19 heavy (non-hydrogen) atoms. The van der Waals surface area contributed by atoms with E-state index in [4.69, 9.17) is 5.26 Å². The molecule has 2 aromatic rings. The zero-order chi connectivity index (χ0) is 13.4. The lowest BCUT2D eigenvalue weighted by Crippen LogP contribution is -2.25. The van der Waals surface area contributed by atoms with Crippen molar-refractivity contribution >= 4 is 16.9 Å². The number of likely N-dealkylation sites (tertiary alicyclic amines) is 1. The average molecular weight is 254 g/mol. The van der Waals surface area contributed by atoms with Gasteiger partial charge in [-0.3, -0.25) is 4.79 Å². The Balaban J connectivity index is 1.90. The highest BCUT2D eigenvalue weighted by atomic mass is 16.2. The largest absolute Gasteiger partial charge is 0.342 e. The molecule has 5 heteroatoms. The number of hydrogen-bond donors (Lipinski definition) is 1. The van der Waals surface area contributed by atoms with Crippen molar-refractivity contribution in [3.05, 3.63) is 29.6 Å². The maximum Gasteiger partial charge on any atom is 0.219 e. The SMILES string of the molecule is CC(=O)N1CC[C@H](c2nc3ccc(C#N)cc3[nH]2)C1. The summed E-state index contributed by atoms with van der Waals surface area (Å²) in [7, 11) is 0. The van der Waals surface area contributed by atoms with Gasteiger partial charge in [-0.2, -0.15) is 5.26 Å². The van der Waals surface area contributed by atoms with Crippen molar-refractivity contribution in [3.63, 3.8) is 0 Å². The van der Waals surface area contributed by atoms with Crippen LogP contribution in [0.1, 0.15) is 30.7 Å². The number of aromatic nitrogens is 2. The molecule has 1 atom stereocenters. The molecular formula is C14H14N4O. The van der Waals surface area contributed by atoms with E-state index < -0.39 is 0 Å². The molecule has 96 valence electrons. The molecule has 0 spiro atoms. The highest BCUT2D eigenvalue weighted by molar-refractivity contribution is 5.77. The Labute approximate surface area is 110 Å². The number of hydrogen-bond acceptors (Lipinski definition) is 3. The van der Waals surface area contributed by atoms with Crippen LogP contribution in [0, 0.1) is 11.3 Å². The number of H-pyrrole nitrogens is 1. The lowest BCUT2D eigenvalue weighted by atomic mass is 10.1. The van der Waals surface area contributed by atoms with Crippen molar-refractivity contribution in [2.24, 2.45) is 0 Å². The monoisotopic (exact) mass is 254 g/mol. The first kappa shape index (κ1) is 11.7. The van der Waals surface area contributed by atoms with Crippen LogP contribution in [-0.2, 0) is 4.79 Å². The molecule has 2 heterocycles. The van der Waals surface area contributed by atoms with Crippen molar-refractivity contribution < 1.29 is 4.79 Å². The molecule has 0 radical (unpaired) electrons. The molecule has 0 saturated carbocycles. The number of benzene rings is 1. The minimum atomic E-state index is 0.116. The Hall–Kier alpha value is -2.35. The molecule has 1 aliphatic heterocycles. The van der Waals surface area contributed by atoms with Crippen LogP contribution in [0.3, 0.4) is 0 Å². The smallest absolute Gasteiger partial charge is 0.219 e. The fraction of sp³-hybridized carbons (Fsp3) is 0.357. The molecule has 0 aliphatic carbocycles. The van der Waals surface area contributed by atoms with Crippen molar-refractivity contribution in [3.8, 4) is 6.07 Å². The summed E-state index contributed by atoms with van der Waals surface area (Å²) in [6.07, 6.45) is 0.935. The highest BCUT2D eigenvalue weighted by Crippen LogP contribution is 2.27. The fourth-order valence-electron chi connectivity index (χ4n) is 2.56. The van der Waals surface area contributed by atoms with E-state index >= 15 is 0 Å². The number of nitrogens with one attached hydrogen (secondary N) is 1. The van der Waals surface area contributed by atoms with E-state index in [1.54, 1.807) is 13.0 Å². The summed E-state index contributed by atoms with van der Waals surface area (Å²) in [5.74, 6) is 1.29. The molecule has 1 aliphatic rings. The Morgan fingerprint density at radius 2 is 2.42 bits per heavy atom. The predicted octanol–water partition coefficient (Wildman–Crippen LogP) is 1.77. The fourth-order valence-corrected chi connectivity index (χ4v) is 2.56. The molecular weight excluding hydrogens is 240 g/mol. The minimum Gasteiger partial charge on any atom is -0.342 e. The number of carbonyl (C=O) groups excluding carboxylic acids is 1. The van der Waals surface area contributed by atoms with Crippen molar-refractivity contribution in [1.82, 2.24) is 14.9 Å². The summed E-state index contributed by atoms with van der Waals surface area (Å²) in [5.41, 5.74) is 2.38. The summed E-state index contributed by atoms with van der Waals surface area (Å²) >= 11 is 0. The molecule has 1 N–H and O–H groups in total. The van der Waals surface area contributed by atoms with E-state index in [0.29, 0.717) is 5.56 Å². The normalized spacial score (nSPS) is 18.7. The van der Waals surface area contributed by atoms with E-state index in [1.807, 2.05) is 17.0 Å². The van der Waals surface area contributed by atoms with Crippen LogP contribution in [0.5, 0.6) is 0 Å². The standard InChI is InChI=1S/C14H14N4O/c1-9(19)18-5-4-11(8-18)14-16-12-3-2-10(7-15)6-13(12)17-14/h2-3,6,11H,4-5,8H2,1H3,(H,16,17)/t11-/m0/s1. The number of amides is 1. The van der Waals surface area contributed by atoms with Gasteiger partial charge in [0.25, 0.3) is 0 Å². The van der Waals surface area contributed by atoms with Gasteiger partial charge in [-0.1, -0.05) is 0 Å². The number of imidazole rings is 1. The molecule has 3 rings (SSSR count). The molecule has 1 aromatic carbocycles. The van der Waals surface area contributed by atoms with Crippen LogP contribution in [0.2, 0.25) is 0 Å². The number of rotatable bonds is 1. The third-order valence-electron chi connectivity index (χ3n) is 3.65. The number of fused-ring (bicyclic) bond motifs is 1. The van der Waals surface area contributed by atoms with Gasteiger partial charge >= 0.3 is 0 Å². The predicted molar refractivity (Wildman–Crippen MR) is 70.4 cm³/mol. The van der Waals surface area contributed by atoms with Gasteiger partial charge in [0, 0.05) is 25.9 Å². The summed E-state index contributed by atoms with van der Waals surface area (Å²) in [6.45, 7) is 3.11. The lowest BCUT2D eigenvalue weighted by Gasteiger charge is -2.12. The summed E-state index contributed by atoms with van der Waals surface area (Å²) in [6, 6.07) is 7.55. The average Bonchev–Trinajstić information content (AvgIpc) is 3.04. The van der Waals surface area contributed by atoms with Gasteiger partial charge in [0.1, 0.15) is 5.82 Å². The van der Waals surface area contributed by atoms with Gasteiger partial charge in [0.2, 0.25) is 5.91 Å². The Bertz CT molecular complexity index is 682. The molecule has 0 bridgehead atoms. The van der Waals surface area contributed by atoms with Crippen molar-refractivity contribution in [2.75, 3.05) is 13.1 Å². The maximum absolute atomic E-state index is 11.3. The van der Waals surface area contributed by atoms with Gasteiger partial charge in [0.05, 0.1) is 22.7 Å². The van der Waals surface area contributed by atoms with Crippen molar-refractivity contribution in [2.45, 2.75) is 19.3 Å². The van der Waals surface area contributed by atoms with E-state index in [1.165, 1.54) is 0 Å². The first-order chi connectivity index (χ1) is 9.17. The molecule has 1 fully saturated rings. The quantitative estimate of drug-likeness (QED) is 0.842. The van der Waals surface area contributed by atoms with Crippen LogP contribution in [0.4, 0.5) is 0 Å². The van der Waals surface area contributed by atoms with Gasteiger partial charge in [-0.25, -0.2) is 4.98 Å². The molecule has 1 saturated heterocycles. The zero-order valence-electron chi connectivity index (χ0n) is 10.7. The Morgan fingerprint density at radius 3 is 3.11 bits per heavy atom. The van der Waals surface area contributed by atoms with E-state index in [0.717, 1.165) is 36.4 Å². The van der Waals surface area contributed by atoms with Crippen LogP contribution in [0.25, 0.3) is 11.0 Å². The van der Waals surface area contributed by atoms with Crippen molar-refractivity contribution in [1.29, 1.82) is 5.26 Å². The lowest BCUT2D eigenvalue weighted by molar-refractivity contribution is -0.127. The van der Waals surface area contributed by atoms with Crippen LogP contribution in [-0.4, -0.2) is 33.9 Å². The number of aromatic amines is 1. The summed E-state index contributed by atoms with van der Waals surface area (Å²) in [4.78, 5) is 21.0. The van der Waals surface area contributed by atoms with Gasteiger partial charge in [0.15, 0.2) is 0 Å². The maximum atomic E-state index is 11.3. The Kier molecular flexibility index (Phi) is 2.71. The second-order valence-electron chi connectivity index (χ2n) is 4.92. The minimum absolute atomic E-state index is 0.116. The second-order valence-corrected chi connectivity index (χ2v) is 4.92. The van der Waals surface area contributed by atoms with Crippen LogP contribution in [0.15, 0.2) is 18.2 Å². The Morgan fingerprint density at radius 1 is 1.58 bits per heavy atom. The third-order valence-corrected chi connectivity index (χ3v) is 3.65. The van der Waals surface area contributed by atoms with Gasteiger partial charge < -0.3 is 9.88 Å². The second kappa shape index (κ2) is 4.39. The number of nitrogens with zero attached hydrogens (tertiary/aromatic N) is 3. The zero-order valence-corrected chi connectivity index (χ0v) is 10.7. The first-order valence-corrected chi connectivity index (χ1v) is 6.32. The third kappa shape index (κ3) is 2.06. The number of nitriles is 1. The highest BCUT2D eigenvalue weighted by Gasteiger charge is 2.27. The van der Waals surface area contributed by atoms with E-state index in [2.05, 4.69) is 16.0 Å². The van der Waals surface area contributed by atoms with Crippen LogP contribution < -0.4 is 0 Å². The summed E-state index contributed by atoms with van der Waals surface area (Å²) < 4.78 is 0. The summed E-state index contributed by atoms with van der Waals surface area (Å²) in [5, 5.41) is 8.88. The topological polar surface area (TPSA) is 72.8 Å². The van der Waals surface area contributed by atoms with Gasteiger partial charge in [-0.05, 0) is 24.6 Å².